The third-order valence-corrected chi connectivity index (χ3v) is 5.28. The molecule has 3 heterocycles. The lowest BCUT2D eigenvalue weighted by molar-refractivity contribution is 0.349. The van der Waals surface area contributed by atoms with Crippen LogP contribution in [-0.4, -0.2) is 35.7 Å². The maximum absolute atomic E-state index is 12.9. The van der Waals surface area contributed by atoms with E-state index in [1.165, 1.54) is 32.7 Å². The van der Waals surface area contributed by atoms with E-state index in [9.17, 15) is 10.1 Å². The molecule has 0 radical (unpaired) electrons. The molecule has 29 heavy (non-hydrogen) atoms. The Hall–Kier alpha value is -3.84. The van der Waals surface area contributed by atoms with Gasteiger partial charge in [0.15, 0.2) is 22.1 Å². The molecule has 0 aliphatic rings. The highest BCUT2D eigenvalue weighted by molar-refractivity contribution is 7.15. The third-order valence-electron chi connectivity index (χ3n) is 4.52. The van der Waals surface area contributed by atoms with E-state index in [1.54, 1.807) is 28.1 Å². The zero-order valence-electron chi connectivity index (χ0n) is 15.7. The monoisotopic (exact) mass is 409 g/mol. The predicted octanol–water partition coefficient (Wildman–Crippen LogP) is 2.45. The lowest BCUT2D eigenvalue weighted by Crippen LogP contribution is -2.14. The molecule has 0 bridgehead atoms. The van der Waals surface area contributed by atoms with Crippen molar-refractivity contribution in [1.29, 1.82) is 5.26 Å². The summed E-state index contributed by atoms with van der Waals surface area (Å²) >= 11 is 1.30. The molecular weight excluding hydrogens is 394 g/mol. The fourth-order valence-electron chi connectivity index (χ4n) is 3.23. The minimum Gasteiger partial charge on any atom is -0.496 e. The van der Waals surface area contributed by atoms with Gasteiger partial charge in [-0.25, -0.2) is 4.98 Å². The highest BCUT2D eigenvalue weighted by Gasteiger charge is 2.24. The summed E-state index contributed by atoms with van der Waals surface area (Å²) in [6.07, 6.45) is 1.74. The number of rotatable bonds is 4. The van der Waals surface area contributed by atoms with Gasteiger partial charge in [-0.1, -0.05) is 0 Å². The van der Waals surface area contributed by atoms with Gasteiger partial charge < -0.3 is 19.9 Å². The Labute approximate surface area is 168 Å². The summed E-state index contributed by atoms with van der Waals surface area (Å²) in [5.74, 6) is 1.21. The Morgan fingerprint density at radius 3 is 2.45 bits per heavy atom. The van der Waals surface area contributed by atoms with Crippen LogP contribution in [0.15, 0.2) is 28.5 Å². The number of ether oxygens (including phenoxy) is 3. The van der Waals surface area contributed by atoms with Gasteiger partial charge in [0.05, 0.1) is 26.7 Å². The number of pyridine rings is 1. The van der Waals surface area contributed by atoms with E-state index in [0.717, 1.165) is 0 Å². The van der Waals surface area contributed by atoms with E-state index in [-0.39, 0.29) is 22.3 Å². The summed E-state index contributed by atoms with van der Waals surface area (Å²) in [6, 6.07) is 5.30. The fraction of sp³-hybridized carbons (Fsp3) is 0.158. The number of thiazole rings is 1. The molecule has 2 N–H and O–H groups in total. The second-order valence-electron chi connectivity index (χ2n) is 5.94. The largest absolute Gasteiger partial charge is 0.496 e. The Bertz CT molecular complexity index is 1370. The average Bonchev–Trinajstić information content (AvgIpc) is 3.20. The van der Waals surface area contributed by atoms with Crippen molar-refractivity contribution in [3.05, 3.63) is 39.6 Å². The van der Waals surface area contributed by atoms with E-state index in [2.05, 4.69) is 16.0 Å². The number of hydrogen-bond donors (Lipinski definition) is 1. The zero-order valence-corrected chi connectivity index (χ0v) is 16.5. The molecule has 0 saturated heterocycles. The van der Waals surface area contributed by atoms with Gasteiger partial charge >= 0.3 is 0 Å². The quantitative estimate of drug-likeness (QED) is 0.545. The van der Waals surface area contributed by atoms with Crippen LogP contribution in [0.3, 0.4) is 0 Å². The number of fused-ring (bicyclic) bond motifs is 3. The van der Waals surface area contributed by atoms with Crippen LogP contribution >= 0.6 is 11.3 Å². The second kappa shape index (κ2) is 6.96. The molecule has 0 fully saturated rings. The predicted molar refractivity (Wildman–Crippen MR) is 109 cm³/mol. The summed E-state index contributed by atoms with van der Waals surface area (Å²) in [7, 11) is 4.47. The summed E-state index contributed by atoms with van der Waals surface area (Å²) in [5.41, 5.74) is 6.67. The van der Waals surface area contributed by atoms with Crippen LogP contribution in [0.2, 0.25) is 0 Å². The number of nitrogens with two attached hydrogens (primary N) is 1. The number of nitrogens with zero attached hydrogens (tertiary/aromatic N) is 4. The standard InChI is InChI=1S/C19H15N5O4S/c1-26-11-7-13(28-3)12(27-2)6-9(11)14-10(8-20)16(21)22-17-15(14)18(25)23-19-24(17)4-5-29-19/h4-7H,1-3H3,(H2,21,22). The van der Waals surface area contributed by atoms with Crippen LogP contribution in [0, 0.1) is 11.3 Å². The maximum Gasteiger partial charge on any atom is 0.284 e. The van der Waals surface area contributed by atoms with Gasteiger partial charge in [-0.15, -0.1) is 11.3 Å². The molecule has 0 saturated carbocycles. The molecule has 0 aliphatic heterocycles. The van der Waals surface area contributed by atoms with Gasteiger partial charge in [-0.3, -0.25) is 9.20 Å². The van der Waals surface area contributed by atoms with Crippen LogP contribution < -0.4 is 25.5 Å². The lowest BCUT2D eigenvalue weighted by Gasteiger charge is -2.17. The average molecular weight is 409 g/mol. The highest BCUT2D eigenvalue weighted by Crippen LogP contribution is 2.43. The van der Waals surface area contributed by atoms with Crippen molar-refractivity contribution in [1.82, 2.24) is 14.4 Å². The SMILES string of the molecule is COc1cc(OC)c(-c2c(C#N)c(N)nc3c2c(=O)nc2sccn23)cc1OC. The first-order chi connectivity index (χ1) is 14.0. The van der Waals surface area contributed by atoms with Crippen molar-refractivity contribution in [3.63, 3.8) is 0 Å². The van der Waals surface area contributed by atoms with E-state index in [0.29, 0.717) is 33.4 Å². The minimum absolute atomic E-state index is 0.00237. The Morgan fingerprint density at radius 1 is 1.10 bits per heavy atom. The van der Waals surface area contributed by atoms with Gasteiger partial charge in [0.2, 0.25) is 0 Å². The summed E-state index contributed by atoms with van der Waals surface area (Å²) in [6.45, 7) is 0. The topological polar surface area (TPSA) is 125 Å². The minimum atomic E-state index is -0.515. The number of nitriles is 1. The summed E-state index contributed by atoms with van der Waals surface area (Å²) in [4.78, 5) is 21.9. The number of benzene rings is 1. The molecule has 1 aromatic carbocycles. The van der Waals surface area contributed by atoms with E-state index >= 15 is 0 Å². The van der Waals surface area contributed by atoms with Crippen molar-refractivity contribution in [2.24, 2.45) is 0 Å². The van der Waals surface area contributed by atoms with Gasteiger partial charge in [0.25, 0.3) is 5.56 Å². The van der Waals surface area contributed by atoms with Crippen molar-refractivity contribution in [2.75, 3.05) is 27.1 Å². The summed E-state index contributed by atoms with van der Waals surface area (Å²) < 4.78 is 17.9. The maximum atomic E-state index is 12.9. The van der Waals surface area contributed by atoms with Crippen LogP contribution in [0.4, 0.5) is 5.82 Å². The van der Waals surface area contributed by atoms with Crippen LogP contribution in [-0.2, 0) is 0 Å². The molecule has 4 aromatic rings. The zero-order chi connectivity index (χ0) is 20.7. The Kier molecular flexibility index (Phi) is 4.44. The van der Waals surface area contributed by atoms with Gasteiger partial charge in [-0.2, -0.15) is 10.2 Å². The molecular formula is C19H15N5O4S. The molecule has 0 unspecified atom stereocenters. The van der Waals surface area contributed by atoms with Crippen LogP contribution in [0.1, 0.15) is 5.56 Å². The molecule has 146 valence electrons. The third kappa shape index (κ3) is 2.71. The molecule has 3 aromatic heterocycles. The van der Waals surface area contributed by atoms with Gasteiger partial charge in [0, 0.05) is 28.8 Å². The number of methoxy groups -OCH3 is 3. The molecule has 9 nitrogen and oxygen atoms in total. The van der Waals surface area contributed by atoms with Gasteiger partial charge in [0.1, 0.15) is 23.2 Å². The van der Waals surface area contributed by atoms with E-state index < -0.39 is 5.56 Å². The second-order valence-corrected chi connectivity index (χ2v) is 6.81. The molecule has 10 heteroatoms. The van der Waals surface area contributed by atoms with Crippen molar-refractivity contribution < 1.29 is 14.2 Å². The lowest BCUT2D eigenvalue weighted by atomic mass is 9.96. The number of nitrogen functional groups attached to an aromatic ring is 1. The first-order valence-corrected chi connectivity index (χ1v) is 9.21. The van der Waals surface area contributed by atoms with Crippen LogP contribution in [0.25, 0.3) is 27.1 Å². The van der Waals surface area contributed by atoms with Gasteiger partial charge in [-0.05, 0) is 6.07 Å². The molecule has 0 amide bonds. The smallest absolute Gasteiger partial charge is 0.284 e. The molecule has 0 atom stereocenters. The number of aromatic nitrogens is 3. The normalized spacial score (nSPS) is 10.8. The van der Waals surface area contributed by atoms with Crippen molar-refractivity contribution in [2.45, 2.75) is 0 Å². The first kappa shape index (κ1) is 18.5. The molecule has 4 rings (SSSR count). The van der Waals surface area contributed by atoms with Crippen molar-refractivity contribution in [3.8, 4) is 34.4 Å². The molecule has 0 spiro atoms. The summed E-state index contributed by atoms with van der Waals surface area (Å²) in [5, 5.41) is 11.7. The van der Waals surface area contributed by atoms with Crippen molar-refractivity contribution >= 4 is 33.1 Å². The first-order valence-electron chi connectivity index (χ1n) is 8.33. The van der Waals surface area contributed by atoms with E-state index in [4.69, 9.17) is 19.9 Å². The van der Waals surface area contributed by atoms with Crippen LogP contribution in [0.5, 0.6) is 17.2 Å². The van der Waals surface area contributed by atoms with E-state index in [1.807, 2.05) is 0 Å². The number of hydrogen-bond acceptors (Lipinski definition) is 9. The Morgan fingerprint density at radius 2 is 1.79 bits per heavy atom. The molecule has 0 aliphatic carbocycles. The Balaban J connectivity index is 2.25. The number of anilines is 1. The fourth-order valence-corrected chi connectivity index (χ4v) is 3.93. The highest BCUT2D eigenvalue weighted by atomic mass is 32.1.